The summed E-state index contributed by atoms with van der Waals surface area (Å²) in [6.45, 7) is 0. The standard InChI is InChI=1S/2C6H9N3O2.Mg/c2*7-5(6(10)11)1-4-2-8-3-9-4;/h2*2-3,5H,1,7H2,(H,8,9)(H,10,11);/q;;+2/p-2/t2*5-;/m00./s1. The van der Waals surface area contributed by atoms with Crippen LogP contribution < -0.4 is 21.7 Å². The summed E-state index contributed by atoms with van der Waals surface area (Å²) in [6.07, 6.45) is 6.45. The average molecular weight is 333 g/mol. The number of nitrogens with two attached hydrogens (primary N) is 2. The van der Waals surface area contributed by atoms with Crippen molar-refractivity contribution in [2.24, 2.45) is 11.5 Å². The Morgan fingerprint density at radius 3 is 1.52 bits per heavy atom. The molecule has 0 aliphatic rings. The van der Waals surface area contributed by atoms with Crippen molar-refractivity contribution >= 4 is 35.0 Å². The van der Waals surface area contributed by atoms with Crippen molar-refractivity contribution in [3.8, 4) is 0 Å². The summed E-state index contributed by atoms with van der Waals surface area (Å²) < 4.78 is 0. The molecule has 0 aliphatic heterocycles. The minimum absolute atomic E-state index is 0. The molecule has 0 saturated heterocycles. The molecule has 0 radical (unpaired) electrons. The van der Waals surface area contributed by atoms with Gasteiger partial charge in [0.1, 0.15) is 0 Å². The third-order valence-electron chi connectivity index (χ3n) is 2.59. The van der Waals surface area contributed by atoms with E-state index in [0.29, 0.717) is 11.4 Å². The molecule has 0 fully saturated rings. The monoisotopic (exact) mass is 332 g/mol. The molecule has 0 aliphatic carbocycles. The molecule has 0 spiro atoms. The van der Waals surface area contributed by atoms with E-state index in [1.54, 1.807) is 0 Å². The van der Waals surface area contributed by atoms with Crippen LogP contribution >= 0.6 is 0 Å². The summed E-state index contributed by atoms with van der Waals surface area (Å²) in [4.78, 5) is 33.2. The van der Waals surface area contributed by atoms with Crippen LogP contribution in [-0.2, 0) is 22.4 Å². The molecule has 2 aromatic rings. The van der Waals surface area contributed by atoms with E-state index < -0.39 is 24.0 Å². The number of rotatable bonds is 6. The Bertz CT molecular complexity index is 522. The third-order valence-corrected chi connectivity index (χ3v) is 2.59. The van der Waals surface area contributed by atoms with Crippen LogP contribution in [0, 0.1) is 0 Å². The average Bonchev–Trinajstić information content (AvgIpc) is 3.12. The number of nitrogens with zero attached hydrogens (tertiary/aromatic N) is 2. The minimum Gasteiger partial charge on any atom is -0.548 e. The topological polar surface area (TPSA) is 190 Å². The van der Waals surface area contributed by atoms with Crippen LogP contribution in [0.15, 0.2) is 25.0 Å². The summed E-state index contributed by atoms with van der Waals surface area (Å²) in [5, 5.41) is 20.3. The van der Waals surface area contributed by atoms with Crippen molar-refractivity contribution in [1.82, 2.24) is 19.9 Å². The number of aliphatic carboxylic acids is 2. The third kappa shape index (κ3) is 8.30. The van der Waals surface area contributed by atoms with Crippen LogP contribution in [0.3, 0.4) is 0 Å². The number of nitrogens with one attached hydrogen (secondary N) is 2. The zero-order chi connectivity index (χ0) is 16.5. The fourth-order valence-electron chi connectivity index (χ4n) is 1.43. The van der Waals surface area contributed by atoms with E-state index >= 15 is 0 Å². The van der Waals surface area contributed by atoms with E-state index in [1.165, 1.54) is 25.0 Å². The van der Waals surface area contributed by atoms with Gasteiger partial charge in [-0.05, 0) is 0 Å². The Balaban J connectivity index is 0.000000403. The van der Waals surface area contributed by atoms with Gasteiger partial charge in [0.25, 0.3) is 0 Å². The molecule has 6 N–H and O–H groups in total. The maximum Gasteiger partial charge on any atom is 2.00 e. The summed E-state index contributed by atoms with van der Waals surface area (Å²) in [6, 6.07) is -1.93. The molecule has 2 heterocycles. The Hall–Kier alpha value is -1.95. The molecule has 0 saturated carbocycles. The smallest absolute Gasteiger partial charge is 0.548 e. The second-order valence-corrected chi connectivity index (χ2v) is 4.41. The second kappa shape index (κ2) is 10.7. The van der Waals surface area contributed by atoms with E-state index in [0.717, 1.165) is 0 Å². The van der Waals surface area contributed by atoms with Gasteiger partial charge in [0.15, 0.2) is 0 Å². The molecular formula is C12H16MgN6O4. The molecule has 2 aromatic heterocycles. The first-order chi connectivity index (χ1) is 10.4. The van der Waals surface area contributed by atoms with Gasteiger partial charge >= 0.3 is 23.1 Å². The summed E-state index contributed by atoms with van der Waals surface area (Å²) >= 11 is 0. The van der Waals surface area contributed by atoms with E-state index in [9.17, 15) is 19.8 Å². The van der Waals surface area contributed by atoms with Gasteiger partial charge in [-0.3, -0.25) is 0 Å². The predicted octanol–water partition coefficient (Wildman–Crippen LogP) is -4.32. The van der Waals surface area contributed by atoms with Gasteiger partial charge < -0.3 is 41.2 Å². The number of hydrogen-bond acceptors (Lipinski definition) is 8. The first-order valence-electron chi connectivity index (χ1n) is 6.27. The molecule has 0 amide bonds. The number of H-pyrrole nitrogens is 2. The minimum atomic E-state index is -1.25. The van der Waals surface area contributed by atoms with Crippen molar-refractivity contribution < 1.29 is 19.8 Å². The molecule has 2 rings (SSSR count). The molecule has 2 atom stereocenters. The molecule has 0 unspecified atom stereocenters. The van der Waals surface area contributed by atoms with Crippen LogP contribution in [0.1, 0.15) is 11.4 Å². The molecule has 11 heteroatoms. The molecule has 10 nitrogen and oxygen atoms in total. The SMILES string of the molecule is N[C@@H](Cc1cnc[nH]1)C(=O)[O-].N[C@@H](Cc1cnc[nH]1)C(=O)[O-].[Mg+2]. The quantitative estimate of drug-likeness (QED) is 0.382. The summed E-state index contributed by atoms with van der Waals surface area (Å²) in [5.74, 6) is -2.50. The first kappa shape index (κ1) is 21.0. The van der Waals surface area contributed by atoms with Crippen LogP contribution in [0.2, 0.25) is 0 Å². The van der Waals surface area contributed by atoms with Gasteiger partial charge in [-0.15, -0.1) is 0 Å². The Morgan fingerprint density at radius 2 is 1.30 bits per heavy atom. The largest absolute Gasteiger partial charge is 2.00 e. The summed E-state index contributed by atoms with van der Waals surface area (Å²) in [7, 11) is 0. The fraction of sp³-hybridized carbons (Fsp3) is 0.333. The van der Waals surface area contributed by atoms with Crippen LogP contribution in [0.25, 0.3) is 0 Å². The van der Waals surface area contributed by atoms with Crippen molar-refractivity contribution in [3.63, 3.8) is 0 Å². The first-order valence-corrected chi connectivity index (χ1v) is 6.27. The molecule has 120 valence electrons. The molecule has 0 aromatic carbocycles. The van der Waals surface area contributed by atoms with Gasteiger partial charge in [0, 0.05) is 48.7 Å². The van der Waals surface area contributed by atoms with Crippen molar-refractivity contribution in [2.45, 2.75) is 24.9 Å². The van der Waals surface area contributed by atoms with E-state index in [1.807, 2.05) is 0 Å². The van der Waals surface area contributed by atoms with Crippen LogP contribution in [0.4, 0.5) is 0 Å². The molecule has 0 bridgehead atoms. The van der Waals surface area contributed by atoms with Gasteiger partial charge in [-0.2, -0.15) is 0 Å². The maximum absolute atomic E-state index is 10.2. The number of carbonyl (C=O) groups excluding carboxylic acids is 2. The van der Waals surface area contributed by atoms with Gasteiger partial charge in [0.2, 0.25) is 0 Å². The zero-order valence-electron chi connectivity index (χ0n) is 12.3. The normalized spacial score (nSPS) is 12.3. The molecular weight excluding hydrogens is 316 g/mol. The number of carboxylic acid groups (broad SMARTS) is 2. The Labute approximate surface area is 147 Å². The van der Waals surface area contributed by atoms with E-state index in [2.05, 4.69) is 19.9 Å². The van der Waals surface area contributed by atoms with Crippen LogP contribution in [-0.4, -0.2) is 67.0 Å². The van der Waals surface area contributed by atoms with Crippen molar-refractivity contribution in [1.29, 1.82) is 0 Å². The Morgan fingerprint density at radius 1 is 0.957 bits per heavy atom. The van der Waals surface area contributed by atoms with E-state index in [4.69, 9.17) is 11.5 Å². The van der Waals surface area contributed by atoms with E-state index in [-0.39, 0.29) is 35.9 Å². The van der Waals surface area contributed by atoms with Gasteiger partial charge in [-0.25, -0.2) is 9.97 Å². The van der Waals surface area contributed by atoms with Crippen molar-refractivity contribution in [3.05, 3.63) is 36.4 Å². The summed E-state index contributed by atoms with van der Waals surface area (Å²) in [5.41, 5.74) is 11.8. The van der Waals surface area contributed by atoms with Gasteiger partial charge in [-0.1, -0.05) is 0 Å². The zero-order valence-corrected chi connectivity index (χ0v) is 13.7. The Kier molecular flexibility index (Phi) is 9.81. The maximum atomic E-state index is 10.2. The number of carboxylic acids is 2. The van der Waals surface area contributed by atoms with Gasteiger partial charge in [0.05, 0.1) is 24.6 Å². The predicted molar refractivity (Wildman–Crippen MR) is 76.3 cm³/mol. The molecule has 23 heavy (non-hydrogen) atoms. The van der Waals surface area contributed by atoms with Crippen LogP contribution in [0.5, 0.6) is 0 Å². The number of imidazole rings is 2. The number of hydrogen-bond donors (Lipinski definition) is 4. The van der Waals surface area contributed by atoms with Crippen molar-refractivity contribution in [2.75, 3.05) is 0 Å². The number of aromatic amines is 2. The number of carbonyl (C=O) groups is 2. The fourth-order valence-corrected chi connectivity index (χ4v) is 1.43. The number of aromatic nitrogens is 4. The second-order valence-electron chi connectivity index (χ2n) is 4.41.